The molecule has 2 aliphatic rings. The third kappa shape index (κ3) is 4.31. The van der Waals surface area contributed by atoms with E-state index in [-0.39, 0.29) is 43.4 Å². The van der Waals surface area contributed by atoms with Crippen LogP contribution in [0.4, 0.5) is 5.69 Å². The van der Waals surface area contributed by atoms with Crippen LogP contribution in [0.1, 0.15) is 47.4 Å². The zero-order valence-electron chi connectivity index (χ0n) is 17.3. The van der Waals surface area contributed by atoms with Crippen LogP contribution in [0, 0.1) is 12.8 Å². The molecule has 2 aromatic rings. The first-order chi connectivity index (χ1) is 14.5. The highest BCUT2D eigenvalue weighted by molar-refractivity contribution is 5.79. The summed E-state index contributed by atoms with van der Waals surface area (Å²) < 4.78 is 10.7. The number of carbonyl (C=O) groups is 2. The maximum Gasteiger partial charge on any atom is 0.307 e. The van der Waals surface area contributed by atoms with Gasteiger partial charge in [-0.3, -0.25) is 14.6 Å². The highest BCUT2D eigenvalue weighted by atomic mass is 16.5. The first-order valence-corrected chi connectivity index (χ1v) is 10.3. The van der Waals surface area contributed by atoms with Crippen LogP contribution < -0.4 is 10.6 Å². The molecule has 7 nitrogen and oxygen atoms in total. The molecular formula is C23H27N3O4. The van der Waals surface area contributed by atoms with Gasteiger partial charge in [0.2, 0.25) is 5.91 Å². The van der Waals surface area contributed by atoms with Crippen LogP contribution in [-0.4, -0.2) is 37.1 Å². The first kappa shape index (κ1) is 20.3. The molecule has 0 radical (unpaired) electrons. The summed E-state index contributed by atoms with van der Waals surface area (Å²) in [6.45, 7) is 3.07. The number of esters is 1. The number of benzene rings is 1. The van der Waals surface area contributed by atoms with Crippen molar-refractivity contribution in [2.75, 3.05) is 25.6 Å². The van der Waals surface area contributed by atoms with Crippen molar-refractivity contribution in [3.63, 3.8) is 0 Å². The van der Waals surface area contributed by atoms with Gasteiger partial charge in [-0.05, 0) is 42.7 Å². The summed E-state index contributed by atoms with van der Waals surface area (Å²) in [4.78, 5) is 28.0. The number of aromatic nitrogens is 1. The second-order valence-corrected chi connectivity index (χ2v) is 7.90. The lowest BCUT2D eigenvalue weighted by atomic mass is 9.81. The minimum Gasteiger partial charge on any atom is -0.469 e. The molecule has 1 amide bonds. The van der Waals surface area contributed by atoms with Crippen LogP contribution >= 0.6 is 0 Å². The number of nitrogens with one attached hydrogen (secondary N) is 2. The van der Waals surface area contributed by atoms with Crippen molar-refractivity contribution in [1.29, 1.82) is 0 Å². The van der Waals surface area contributed by atoms with Crippen molar-refractivity contribution < 1.29 is 19.1 Å². The predicted molar refractivity (Wildman–Crippen MR) is 112 cm³/mol. The minimum atomic E-state index is -0.336. The SMILES string of the molecule is COC(=O)CCNC(=O)Cc1ccc2c(c1)C1OCCC1C(c1cc(C)ccn1)N2. The Morgan fingerprint density at radius 2 is 2.17 bits per heavy atom. The number of aryl methyl sites for hydroxylation is 1. The molecule has 4 rings (SSSR count). The molecule has 158 valence electrons. The Bertz CT molecular complexity index is 946. The molecule has 0 saturated carbocycles. The number of nitrogens with zero attached hydrogens (tertiary/aromatic N) is 1. The summed E-state index contributed by atoms with van der Waals surface area (Å²) in [5.74, 6) is -0.151. The van der Waals surface area contributed by atoms with Crippen LogP contribution in [0.25, 0.3) is 0 Å². The smallest absolute Gasteiger partial charge is 0.307 e. The summed E-state index contributed by atoms with van der Waals surface area (Å²) in [5, 5.41) is 6.41. The first-order valence-electron chi connectivity index (χ1n) is 10.3. The zero-order chi connectivity index (χ0) is 21.1. The third-order valence-electron chi connectivity index (χ3n) is 5.80. The van der Waals surface area contributed by atoms with E-state index in [1.165, 1.54) is 12.7 Å². The van der Waals surface area contributed by atoms with E-state index in [0.717, 1.165) is 35.5 Å². The molecule has 1 aromatic carbocycles. The highest BCUT2D eigenvalue weighted by Gasteiger charge is 2.42. The highest BCUT2D eigenvalue weighted by Crippen LogP contribution is 2.49. The van der Waals surface area contributed by atoms with Crippen LogP contribution in [-0.2, 0) is 25.5 Å². The number of ether oxygens (including phenoxy) is 2. The monoisotopic (exact) mass is 409 g/mol. The Morgan fingerprint density at radius 3 is 2.97 bits per heavy atom. The second kappa shape index (κ2) is 8.83. The lowest BCUT2D eigenvalue weighted by Crippen LogP contribution is -2.30. The van der Waals surface area contributed by atoms with Crippen molar-refractivity contribution in [2.24, 2.45) is 5.92 Å². The number of hydrogen-bond acceptors (Lipinski definition) is 6. The lowest BCUT2D eigenvalue weighted by Gasteiger charge is -2.36. The molecule has 1 aromatic heterocycles. The fourth-order valence-corrected chi connectivity index (χ4v) is 4.31. The van der Waals surface area contributed by atoms with E-state index in [1.807, 2.05) is 24.4 Å². The number of carbonyl (C=O) groups excluding carboxylic acids is 2. The van der Waals surface area contributed by atoms with Gasteiger partial charge in [-0.2, -0.15) is 0 Å². The van der Waals surface area contributed by atoms with Crippen LogP contribution in [0.5, 0.6) is 0 Å². The van der Waals surface area contributed by atoms with Gasteiger partial charge >= 0.3 is 5.97 Å². The van der Waals surface area contributed by atoms with Gasteiger partial charge in [0.05, 0.1) is 37.8 Å². The summed E-state index contributed by atoms with van der Waals surface area (Å²) >= 11 is 0. The van der Waals surface area contributed by atoms with Gasteiger partial charge in [0.1, 0.15) is 0 Å². The van der Waals surface area contributed by atoms with E-state index in [9.17, 15) is 9.59 Å². The fraction of sp³-hybridized carbons (Fsp3) is 0.435. The van der Waals surface area contributed by atoms with Crippen molar-refractivity contribution in [1.82, 2.24) is 10.3 Å². The quantitative estimate of drug-likeness (QED) is 0.713. The van der Waals surface area contributed by atoms with Crippen molar-refractivity contribution in [3.05, 3.63) is 58.9 Å². The number of hydrogen-bond donors (Lipinski definition) is 2. The molecule has 1 saturated heterocycles. The van der Waals surface area contributed by atoms with E-state index in [4.69, 9.17) is 4.74 Å². The second-order valence-electron chi connectivity index (χ2n) is 7.90. The van der Waals surface area contributed by atoms with Gasteiger partial charge in [0, 0.05) is 36.5 Å². The molecule has 3 heterocycles. The van der Waals surface area contributed by atoms with Gasteiger partial charge in [-0.15, -0.1) is 0 Å². The van der Waals surface area contributed by atoms with Gasteiger partial charge in [0.25, 0.3) is 0 Å². The Balaban J connectivity index is 1.49. The van der Waals surface area contributed by atoms with Gasteiger partial charge in [-0.25, -0.2) is 0 Å². The summed E-state index contributed by atoms with van der Waals surface area (Å²) in [6, 6.07) is 10.3. The molecule has 3 atom stereocenters. The van der Waals surface area contributed by atoms with E-state index in [2.05, 4.69) is 39.4 Å². The van der Waals surface area contributed by atoms with Crippen LogP contribution in [0.3, 0.4) is 0 Å². The summed E-state index contributed by atoms with van der Waals surface area (Å²) in [6.07, 6.45) is 3.25. The Labute approximate surface area is 176 Å². The van der Waals surface area contributed by atoms with Crippen LogP contribution in [0.15, 0.2) is 36.5 Å². The standard InChI is InChI=1S/C23H27N3O4/c1-14-5-8-24-19(11-14)22-16-7-10-30-23(16)17-12-15(3-4-18(17)26-22)13-20(27)25-9-6-21(28)29-2/h3-5,8,11-12,16,22-23,26H,6-7,9-10,13H2,1-2H3,(H,25,27). The van der Waals surface area contributed by atoms with E-state index >= 15 is 0 Å². The average molecular weight is 409 g/mol. The average Bonchev–Trinajstić information content (AvgIpc) is 3.23. The van der Waals surface area contributed by atoms with Gasteiger partial charge in [0.15, 0.2) is 0 Å². The minimum absolute atomic E-state index is 0.00380. The number of amides is 1. The van der Waals surface area contributed by atoms with Gasteiger partial charge < -0.3 is 20.1 Å². The van der Waals surface area contributed by atoms with E-state index in [0.29, 0.717) is 5.92 Å². The molecule has 30 heavy (non-hydrogen) atoms. The summed E-state index contributed by atoms with van der Waals surface area (Å²) in [5.41, 5.74) is 5.28. The lowest BCUT2D eigenvalue weighted by molar-refractivity contribution is -0.140. The third-order valence-corrected chi connectivity index (χ3v) is 5.80. The Hall–Kier alpha value is -2.93. The number of methoxy groups -OCH3 is 1. The van der Waals surface area contributed by atoms with Crippen LogP contribution in [0.2, 0.25) is 0 Å². The maximum absolute atomic E-state index is 12.2. The van der Waals surface area contributed by atoms with Crippen molar-refractivity contribution in [3.8, 4) is 0 Å². The Morgan fingerprint density at radius 1 is 1.30 bits per heavy atom. The molecule has 2 N–H and O–H groups in total. The summed E-state index contributed by atoms with van der Waals surface area (Å²) in [7, 11) is 1.34. The molecule has 7 heteroatoms. The maximum atomic E-state index is 12.2. The van der Waals surface area contributed by atoms with E-state index in [1.54, 1.807) is 0 Å². The molecule has 3 unspecified atom stereocenters. The molecule has 1 fully saturated rings. The number of fused-ring (bicyclic) bond motifs is 3. The number of anilines is 1. The number of pyridine rings is 1. The normalized spacial score (nSPS) is 21.9. The predicted octanol–water partition coefficient (Wildman–Crippen LogP) is 2.86. The van der Waals surface area contributed by atoms with Crippen molar-refractivity contribution in [2.45, 2.75) is 38.3 Å². The van der Waals surface area contributed by atoms with E-state index < -0.39 is 0 Å². The topological polar surface area (TPSA) is 89.5 Å². The van der Waals surface area contributed by atoms with Gasteiger partial charge in [-0.1, -0.05) is 12.1 Å². The number of rotatable bonds is 6. The van der Waals surface area contributed by atoms with Crippen molar-refractivity contribution >= 4 is 17.6 Å². The molecule has 0 spiro atoms. The molecule has 0 bridgehead atoms. The Kier molecular flexibility index (Phi) is 5.99. The molecular weight excluding hydrogens is 382 g/mol. The molecule has 2 aliphatic heterocycles. The molecule has 0 aliphatic carbocycles. The largest absolute Gasteiger partial charge is 0.469 e. The zero-order valence-corrected chi connectivity index (χ0v) is 17.3. The fourth-order valence-electron chi connectivity index (χ4n) is 4.31.